The van der Waals surface area contributed by atoms with Gasteiger partial charge in [0.25, 0.3) is 0 Å². The van der Waals surface area contributed by atoms with Crippen LogP contribution in [0.2, 0.25) is 0 Å². The number of rotatable bonds is 4. The highest BCUT2D eigenvalue weighted by Gasteiger charge is 2.02. The van der Waals surface area contributed by atoms with Crippen LogP contribution in [0.1, 0.15) is 36.5 Å². The average molecular weight is 192 g/mol. The molecule has 0 saturated carbocycles. The van der Waals surface area contributed by atoms with E-state index >= 15 is 0 Å². The van der Waals surface area contributed by atoms with Crippen molar-refractivity contribution in [3.05, 3.63) is 34.9 Å². The van der Waals surface area contributed by atoms with Crippen LogP contribution < -0.4 is 0 Å². The van der Waals surface area contributed by atoms with E-state index in [1.807, 2.05) is 6.92 Å². The molecule has 0 aliphatic rings. The quantitative estimate of drug-likeness (QED) is 0.777. The fourth-order valence-electron chi connectivity index (χ4n) is 1.82. The van der Waals surface area contributed by atoms with Gasteiger partial charge in [-0.05, 0) is 56.7 Å². The van der Waals surface area contributed by atoms with Crippen molar-refractivity contribution in [2.75, 3.05) is 0 Å². The Kier molecular flexibility index (Phi) is 4.15. The molecule has 0 heterocycles. The molecule has 0 aromatic heterocycles. The fourth-order valence-corrected chi connectivity index (χ4v) is 1.82. The Hall–Kier alpha value is -0.820. The highest BCUT2D eigenvalue weighted by atomic mass is 16.3. The Morgan fingerprint density at radius 3 is 2.29 bits per heavy atom. The smallest absolute Gasteiger partial charge is 0.0512 e. The number of benzene rings is 1. The summed E-state index contributed by atoms with van der Waals surface area (Å²) in [5.74, 6) is 0. The zero-order chi connectivity index (χ0) is 10.6. The van der Waals surface area contributed by atoms with E-state index in [0.29, 0.717) is 0 Å². The summed E-state index contributed by atoms with van der Waals surface area (Å²) in [5, 5.41) is 9.17. The van der Waals surface area contributed by atoms with Crippen LogP contribution in [-0.4, -0.2) is 11.2 Å². The largest absolute Gasteiger partial charge is 0.393 e. The van der Waals surface area contributed by atoms with E-state index in [1.54, 1.807) is 0 Å². The highest BCUT2D eigenvalue weighted by Crippen LogP contribution is 2.16. The molecule has 0 spiro atoms. The second kappa shape index (κ2) is 5.16. The van der Waals surface area contributed by atoms with Crippen LogP contribution in [0.4, 0.5) is 0 Å². The number of aryl methyl sites for hydroxylation is 2. The van der Waals surface area contributed by atoms with Gasteiger partial charge in [-0.3, -0.25) is 0 Å². The van der Waals surface area contributed by atoms with Gasteiger partial charge in [-0.2, -0.15) is 0 Å². The minimum absolute atomic E-state index is 0.167. The molecule has 0 radical (unpaired) electrons. The molecule has 0 fully saturated rings. The van der Waals surface area contributed by atoms with Gasteiger partial charge in [-0.1, -0.05) is 18.2 Å². The van der Waals surface area contributed by atoms with Crippen molar-refractivity contribution in [1.29, 1.82) is 0 Å². The summed E-state index contributed by atoms with van der Waals surface area (Å²) in [5.41, 5.74) is 4.19. The molecule has 1 atom stereocenters. The number of hydrogen-bond acceptors (Lipinski definition) is 1. The molecule has 1 aromatic rings. The zero-order valence-corrected chi connectivity index (χ0v) is 9.38. The summed E-state index contributed by atoms with van der Waals surface area (Å²) in [7, 11) is 0. The van der Waals surface area contributed by atoms with Crippen LogP contribution in [0.5, 0.6) is 0 Å². The average Bonchev–Trinajstić information content (AvgIpc) is 2.09. The van der Waals surface area contributed by atoms with Crippen LogP contribution in [0.25, 0.3) is 0 Å². The summed E-state index contributed by atoms with van der Waals surface area (Å²) in [6.07, 6.45) is 2.89. The molecule has 1 rings (SSSR count). The molecule has 1 aromatic carbocycles. The standard InChI is InChI=1S/C13H20O/c1-10-6-4-7-11(2)13(10)9-5-8-12(3)14/h4,6-7,12,14H,5,8-9H2,1-3H3. The van der Waals surface area contributed by atoms with Crippen LogP contribution in [-0.2, 0) is 6.42 Å². The monoisotopic (exact) mass is 192 g/mol. The van der Waals surface area contributed by atoms with Crippen molar-refractivity contribution in [2.24, 2.45) is 0 Å². The first-order valence-corrected chi connectivity index (χ1v) is 5.34. The normalized spacial score (nSPS) is 12.9. The fraction of sp³-hybridized carbons (Fsp3) is 0.538. The second-order valence-corrected chi connectivity index (χ2v) is 4.11. The Labute approximate surface area is 86.8 Å². The summed E-state index contributed by atoms with van der Waals surface area (Å²) < 4.78 is 0. The first kappa shape index (κ1) is 11.3. The molecular weight excluding hydrogens is 172 g/mol. The molecule has 0 aliphatic heterocycles. The maximum Gasteiger partial charge on any atom is 0.0512 e. The van der Waals surface area contributed by atoms with Gasteiger partial charge in [0.2, 0.25) is 0 Å². The lowest BCUT2D eigenvalue weighted by Crippen LogP contribution is -2.01. The Balaban J connectivity index is 2.58. The lowest BCUT2D eigenvalue weighted by molar-refractivity contribution is 0.181. The molecule has 1 N–H and O–H groups in total. The first-order chi connectivity index (χ1) is 6.61. The van der Waals surface area contributed by atoms with Crippen LogP contribution in [0.3, 0.4) is 0 Å². The summed E-state index contributed by atoms with van der Waals surface area (Å²) in [6.45, 7) is 6.17. The van der Waals surface area contributed by atoms with Crippen LogP contribution in [0.15, 0.2) is 18.2 Å². The van der Waals surface area contributed by atoms with Crippen molar-refractivity contribution in [2.45, 2.75) is 46.1 Å². The van der Waals surface area contributed by atoms with Gasteiger partial charge in [-0.15, -0.1) is 0 Å². The number of aliphatic hydroxyl groups is 1. The molecule has 1 heteroatoms. The Morgan fingerprint density at radius 1 is 1.21 bits per heavy atom. The molecule has 0 saturated heterocycles. The van der Waals surface area contributed by atoms with Gasteiger partial charge in [0.05, 0.1) is 6.10 Å². The van der Waals surface area contributed by atoms with Gasteiger partial charge in [0, 0.05) is 0 Å². The van der Waals surface area contributed by atoms with Crippen molar-refractivity contribution >= 4 is 0 Å². The minimum atomic E-state index is -0.167. The third kappa shape index (κ3) is 3.15. The number of hydrogen-bond donors (Lipinski definition) is 1. The summed E-state index contributed by atoms with van der Waals surface area (Å²) in [6, 6.07) is 6.41. The Bertz CT molecular complexity index is 269. The number of aliphatic hydroxyl groups excluding tert-OH is 1. The van der Waals surface area contributed by atoms with Gasteiger partial charge in [0.15, 0.2) is 0 Å². The van der Waals surface area contributed by atoms with Crippen molar-refractivity contribution in [3.8, 4) is 0 Å². The predicted molar refractivity (Wildman–Crippen MR) is 60.5 cm³/mol. The third-order valence-electron chi connectivity index (χ3n) is 2.69. The van der Waals surface area contributed by atoms with Gasteiger partial charge < -0.3 is 5.11 Å². The van der Waals surface area contributed by atoms with E-state index in [1.165, 1.54) is 16.7 Å². The summed E-state index contributed by atoms with van der Waals surface area (Å²) in [4.78, 5) is 0. The van der Waals surface area contributed by atoms with E-state index in [2.05, 4.69) is 32.0 Å². The topological polar surface area (TPSA) is 20.2 Å². The SMILES string of the molecule is Cc1cccc(C)c1CCCC(C)O. The predicted octanol–water partition coefficient (Wildman–Crippen LogP) is 3.01. The molecule has 0 amide bonds. The zero-order valence-electron chi connectivity index (χ0n) is 9.38. The van der Waals surface area contributed by atoms with Crippen molar-refractivity contribution in [1.82, 2.24) is 0 Å². The van der Waals surface area contributed by atoms with Gasteiger partial charge in [-0.25, -0.2) is 0 Å². The van der Waals surface area contributed by atoms with E-state index in [4.69, 9.17) is 5.11 Å². The third-order valence-corrected chi connectivity index (χ3v) is 2.69. The lowest BCUT2D eigenvalue weighted by atomic mass is 9.97. The molecule has 78 valence electrons. The second-order valence-electron chi connectivity index (χ2n) is 4.11. The van der Waals surface area contributed by atoms with E-state index < -0.39 is 0 Å². The highest BCUT2D eigenvalue weighted by molar-refractivity contribution is 5.33. The van der Waals surface area contributed by atoms with Crippen molar-refractivity contribution in [3.63, 3.8) is 0 Å². The Morgan fingerprint density at radius 2 is 1.79 bits per heavy atom. The van der Waals surface area contributed by atoms with Gasteiger partial charge >= 0.3 is 0 Å². The van der Waals surface area contributed by atoms with E-state index in [0.717, 1.165) is 19.3 Å². The molecule has 1 nitrogen and oxygen atoms in total. The molecule has 0 bridgehead atoms. The molecule has 0 aliphatic carbocycles. The minimum Gasteiger partial charge on any atom is -0.393 e. The maximum absolute atomic E-state index is 9.17. The van der Waals surface area contributed by atoms with Crippen LogP contribution in [0, 0.1) is 13.8 Å². The molecule has 1 unspecified atom stereocenters. The summed E-state index contributed by atoms with van der Waals surface area (Å²) >= 11 is 0. The van der Waals surface area contributed by atoms with Crippen LogP contribution >= 0.6 is 0 Å². The maximum atomic E-state index is 9.17. The van der Waals surface area contributed by atoms with E-state index in [-0.39, 0.29) is 6.10 Å². The van der Waals surface area contributed by atoms with Gasteiger partial charge in [0.1, 0.15) is 0 Å². The first-order valence-electron chi connectivity index (χ1n) is 5.34. The van der Waals surface area contributed by atoms with E-state index in [9.17, 15) is 0 Å². The van der Waals surface area contributed by atoms with Crippen molar-refractivity contribution < 1.29 is 5.11 Å². The molecule has 14 heavy (non-hydrogen) atoms. The lowest BCUT2D eigenvalue weighted by Gasteiger charge is -2.10. The molecular formula is C13H20O.